The predicted molar refractivity (Wildman–Crippen MR) is 83.2 cm³/mol. The Bertz CT molecular complexity index is 771. The van der Waals surface area contributed by atoms with Crippen molar-refractivity contribution in [3.05, 3.63) is 60.2 Å². The maximum absolute atomic E-state index is 11.7. The van der Waals surface area contributed by atoms with E-state index in [-0.39, 0.29) is 11.3 Å². The molecule has 2 aromatic rings. The van der Waals surface area contributed by atoms with Crippen LogP contribution in [-0.2, 0) is 10.2 Å². The van der Waals surface area contributed by atoms with Crippen LogP contribution in [0.4, 0.5) is 0 Å². The van der Waals surface area contributed by atoms with Gasteiger partial charge in [0.05, 0.1) is 5.41 Å². The summed E-state index contributed by atoms with van der Waals surface area (Å²) in [5.74, 6) is -0.520. The maximum atomic E-state index is 11.7. The number of rotatable bonds is 2. The molecule has 0 amide bonds. The van der Waals surface area contributed by atoms with Crippen LogP contribution in [0.15, 0.2) is 54.6 Å². The van der Waals surface area contributed by atoms with Crippen LogP contribution in [-0.4, -0.2) is 11.1 Å². The molecular formula is C19H18O2. The van der Waals surface area contributed by atoms with Crippen molar-refractivity contribution in [3.63, 3.8) is 0 Å². The number of hydrogen-bond donors (Lipinski definition) is 1. The molecule has 2 nitrogen and oxygen atoms in total. The normalized spacial score (nSPS) is 33.7. The average Bonchev–Trinajstić information content (AvgIpc) is 3.04. The van der Waals surface area contributed by atoms with Crippen LogP contribution < -0.4 is 0 Å². The Morgan fingerprint density at radius 2 is 1.95 bits per heavy atom. The van der Waals surface area contributed by atoms with Crippen molar-refractivity contribution >= 4 is 16.7 Å². The van der Waals surface area contributed by atoms with Crippen LogP contribution in [0.2, 0.25) is 0 Å². The van der Waals surface area contributed by atoms with Crippen molar-refractivity contribution in [1.29, 1.82) is 0 Å². The molecule has 1 saturated carbocycles. The van der Waals surface area contributed by atoms with Crippen molar-refractivity contribution < 1.29 is 9.90 Å². The van der Waals surface area contributed by atoms with E-state index in [0.717, 1.165) is 6.42 Å². The number of fused-ring (bicyclic) bond motifs is 3. The first kappa shape index (κ1) is 12.6. The van der Waals surface area contributed by atoms with E-state index in [2.05, 4.69) is 48.6 Å². The average molecular weight is 278 g/mol. The number of carbonyl (C=O) groups is 1. The molecule has 106 valence electrons. The lowest BCUT2D eigenvalue weighted by atomic mass is 9.71. The Labute approximate surface area is 124 Å². The lowest BCUT2D eigenvalue weighted by molar-refractivity contribution is -0.149. The Morgan fingerprint density at radius 3 is 2.71 bits per heavy atom. The summed E-state index contributed by atoms with van der Waals surface area (Å²) in [5.41, 5.74) is 0.536. The van der Waals surface area contributed by atoms with E-state index in [1.54, 1.807) is 0 Å². The summed E-state index contributed by atoms with van der Waals surface area (Å²) in [6, 6.07) is 14.8. The van der Waals surface area contributed by atoms with E-state index in [1.165, 1.54) is 16.3 Å². The van der Waals surface area contributed by atoms with Gasteiger partial charge in [0.2, 0.25) is 0 Å². The fraction of sp³-hybridized carbons (Fsp3) is 0.316. The van der Waals surface area contributed by atoms with Gasteiger partial charge in [0.15, 0.2) is 0 Å². The van der Waals surface area contributed by atoms with Crippen molar-refractivity contribution in [3.8, 4) is 0 Å². The quantitative estimate of drug-likeness (QED) is 0.838. The van der Waals surface area contributed by atoms with E-state index in [4.69, 9.17) is 0 Å². The summed E-state index contributed by atoms with van der Waals surface area (Å²) in [6.07, 6.45) is 6.00. The molecular weight excluding hydrogens is 260 g/mol. The zero-order valence-corrected chi connectivity index (χ0v) is 12.0. The van der Waals surface area contributed by atoms with E-state index in [0.29, 0.717) is 6.42 Å². The van der Waals surface area contributed by atoms with Crippen LogP contribution in [0, 0.1) is 11.3 Å². The van der Waals surface area contributed by atoms with Crippen molar-refractivity contribution in [1.82, 2.24) is 0 Å². The second-order valence-corrected chi connectivity index (χ2v) is 6.75. The van der Waals surface area contributed by atoms with Gasteiger partial charge in [-0.05, 0) is 42.0 Å². The Morgan fingerprint density at radius 1 is 1.19 bits per heavy atom. The smallest absolute Gasteiger partial charge is 0.309 e. The number of allylic oxidation sites excluding steroid dienone is 2. The molecule has 0 aromatic heterocycles. The minimum Gasteiger partial charge on any atom is -0.481 e. The van der Waals surface area contributed by atoms with Gasteiger partial charge < -0.3 is 5.11 Å². The Kier molecular flexibility index (Phi) is 2.39. The molecule has 0 radical (unpaired) electrons. The third-order valence-electron chi connectivity index (χ3n) is 5.55. The van der Waals surface area contributed by atoms with Crippen molar-refractivity contribution in [2.45, 2.75) is 25.2 Å². The van der Waals surface area contributed by atoms with Gasteiger partial charge in [-0.2, -0.15) is 0 Å². The predicted octanol–water partition coefficient (Wildman–Crippen LogP) is 4.15. The SMILES string of the molecule is CC1(C(=O)O)CC2(c3cccc4ccccc34)C=CC1C2. The highest BCUT2D eigenvalue weighted by molar-refractivity contribution is 5.88. The third-order valence-corrected chi connectivity index (χ3v) is 5.55. The summed E-state index contributed by atoms with van der Waals surface area (Å²) < 4.78 is 0. The molecule has 3 unspecified atom stereocenters. The van der Waals surface area contributed by atoms with Crippen LogP contribution in [0.25, 0.3) is 10.8 Å². The fourth-order valence-electron chi connectivity index (χ4n) is 4.37. The zero-order valence-electron chi connectivity index (χ0n) is 12.0. The first-order valence-electron chi connectivity index (χ1n) is 7.46. The topological polar surface area (TPSA) is 37.3 Å². The third kappa shape index (κ3) is 1.56. The molecule has 2 aliphatic carbocycles. The van der Waals surface area contributed by atoms with Gasteiger partial charge in [-0.1, -0.05) is 54.6 Å². The van der Waals surface area contributed by atoms with E-state index < -0.39 is 11.4 Å². The van der Waals surface area contributed by atoms with Crippen LogP contribution in [0.3, 0.4) is 0 Å². The molecule has 0 saturated heterocycles. The Hall–Kier alpha value is -2.09. The van der Waals surface area contributed by atoms with Gasteiger partial charge in [-0.3, -0.25) is 4.79 Å². The lowest BCUT2D eigenvalue weighted by Gasteiger charge is -2.32. The van der Waals surface area contributed by atoms with Gasteiger partial charge >= 0.3 is 5.97 Å². The highest BCUT2D eigenvalue weighted by atomic mass is 16.4. The lowest BCUT2D eigenvalue weighted by Crippen LogP contribution is -2.34. The Balaban J connectivity index is 1.91. The molecule has 1 fully saturated rings. The van der Waals surface area contributed by atoms with Crippen molar-refractivity contribution in [2.75, 3.05) is 0 Å². The minimum atomic E-state index is -0.668. The molecule has 21 heavy (non-hydrogen) atoms. The number of benzene rings is 2. The number of hydrogen-bond acceptors (Lipinski definition) is 1. The minimum absolute atomic E-state index is 0.112. The molecule has 0 spiro atoms. The van der Waals surface area contributed by atoms with E-state index in [9.17, 15) is 9.90 Å². The first-order valence-corrected chi connectivity index (χ1v) is 7.46. The number of aliphatic carboxylic acids is 1. The number of carboxylic acid groups (broad SMARTS) is 1. The summed E-state index contributed by atoms with van der Waals surface area (Å²) in [7, 11) is 0. The maximum Gasteiger partial charge on any atom is 0.309 e. The van der Waals surface area contributed by atoms with Gasteiger partial charge in [0.25, 0.3) is 0 Å². The van der Waals surface area contributed by atoms with Gasteiger partial charge in [-0.15, -0.1) is 0 Å². The summed E-state index contributed by atoms with van der Waals surface area (Å²) in [5, 5.41) is 12.1. The second kappa shape index (κ2) is 3.97. The monoisotopic (exact) mass is 278 g/mol. The van der Waals surface area contributed by atoms with Crippen LogP contribution >= 0.6 is 0 Å². The highest BCUT2D eigenvalue weighted by Gasteiger charge is 2.58. The fourth-order valence-corrected chi connectivity index (χ4v) is 4.37. The molecule has 4 rings (SSSR count). The summed E-state index contributed by atoms with van der Waals surface area (Å²) >= 11 is 0. The number of carboxylic acids is 1. The molecule has 0 heterocycles. The summed E-state index contributed by atoms with van der Waals surface area (Å²) in [6.45, 7) is 1.90. The largest absolute Gasteiger partial charge is 0.481 e. The van der Waals surface area contributed by atoms with E-state index in [1.807, 2.05) is 13.0 Å². The van der Waals surface area contributed by atoms with Gasteiger partial charge in [0, 0.05) is 5.41 Å². The second-order valence-electron chi connectivity index (χ2n) is 6.75. The summed E-state index contributed by atoms with van der Waals surface area (Å²) in [4.78, 5) is 11.7. The zero-order chi connectivity index (χ0) is 14.7. The highest BCUT2D eigenvalue weighted by Crippen LogP contribution is 2.60. The van der Waals surface area contributed by atoms with Crippen molar-refractivity contribution in [2.24, 2.45) is 11.3 Å². The first-order chi connectivity index (χ1) is 10.1. The molecule has 0 aliphatic heterocycles. The molecule has 1 N–H and O–H groups in total. The van der Waals surface area contributed by atoms with Gasteiger partial charge in [-0.25, -0.2) is 0 Å². The molecule has 2 aliphatic rings. The molecule has 2 aromatic carbocycles. The van der Waals surface area contributed by atoms with Crippen LogP contribution in [0.5, 0.6) is 0 Å². The van der Waals surface area contributed by atoms with Crippen LogP contribution in [0.1, 0.15) is 25.3 Å². The standard InChI is InChI=1S/C19H18O2/c1-18(17(20)21)12-19(10-9-14(18)11-19)16-8-4-6-13-5-2-3-7-15(13)16/h2-10,14H,11-12H2,1H3,(H,20,21). The van der Waals surface area contributed by atoms with Gasteiger partial charge in [0.1, 0.15) is 0 Å². The van der Waals surface area contributed by atoms with E-state index >= 15 is 0 Å². The molecule has 2 bridgehead atoms. The molecule has 2 heteroatoms. The molecule has 3 atom stereocenters.